The molecule has 1 heterocycles. The van der Waals surface area contributed by atoms with Crippen molar-refractivity contribution in [2.45, 2.75) is 69.6 Å². The number of carbonyl (C=O) groups excluding carboxylic acids is 1. The zero-order chi connectivity index (χ0) is 22.9. The second-order valence-electron chi connectivity index (χ2n) is 8.43. The smallest absolute Gasteiger partial charge is 0.259 e. The van der Waals surface area contributed by atoms with E-state index in [4.69, 9.17) is 11.7 Å². The lowest BCUT2D eigenvalue weighted by atomic mass is 9.86. The van der Waals surface area contributed by atoms with Crippen LogP contribution < -0.4 is 5.14 Å². The van der Waals surface area contributed by atoms with Gasteiger partial charge in [0.05, 0.1) is 18.6 Å². The summed E-state index contributed by atoms with van der Waals surface area (Å²) in [6, 6.07) is 6.80. The molecule has 0 fully saturated rings. The monoisotopic (exact) mass is 481 g/mol. The van der Waals surface area contributed by atoms with Gasteiger partial charge in [-0.1, -0.05) is 51.0 Å². The number of nitrogens with two attached hydrogens (primary N) is 1. The molecule has 31 heavy (non-hydrogen) atoms. The largest absolute Gasteiger partial charge is 0.385 e. The first-order chi connectivity index (χ1) is 13.8. The van der Waals surface area contributed by atoms with Crippen molar-refractivity contribution in [3.05, 3.63) is 57.3 Å². The molecule has 0 radical (unpaired) electrons. The van der Waals surface area contributed by atoms with Gasteiger partial charge in [0.2, 0.25) is 0 Å². The number of aliphatic hydroxyl groups is 1. The summed E-state index contributed by atoms with van der Waals surface area (Å²) in [4.78, 5) is 16.9. The molecule has 170 valence electrons. The van der Waals surface area contributed by atoms with E-state index < -0.39 is 21.4 Å². The first-order valence-electron chi connectivity index (χ1n) is 9.71. The zero-order valence-corrected chi connectivity index (χ0v) is 21.4. The Kier molecular flexibility index (Phi) is 9.06. The quantitative estimate of drug-likeness (QED) is 0.544. The van der Waals surface area contributed by atoms with Gasteiger partial charge in [0, 0.05) is 4.88 Å². The number of benzene rings is 1. The maximum absolute atomic E-state index is 12.9. The van der Waals surface area contributed by atoms with Crippen LogP contribution in [0.5, 0.6) is 0 Å². The molecule has 0 bridgehead atoms. The summed E-state index contributed by atoms with van der Waals surface area (Å²) in [5.74, 6) is -0.346. The molecule has 2 aromatic rings. The average Bonchev–Trinajstić information content (AvgIpc) is 3.12. The minimum absolute atomic E-state index is 0. The molecule has 1 atom stereocenters. The number of nitrogens with zero attached hydrogens (tertiary/aromatic N) is 2. The Morgan fingerprint density at radius 1 is 1.23 bits per heavy atom. The lowest BCUT2D eigenvalue weighted by Gasteiger charge is -2.20. The number of amides is 1. The molecule has 2 rings (SSSR count). The second kappa shape index (κ2) is 10.3. The Labute approximate surface area is 196 Å². The molecule has 0 aliphatic carbocycles. The molecule has 1 aromatic heterocycles. The van der Waals surface area contributed by atoms with E-state index >= 15 is 0 Å². The third-order valence-electron chi connectivity index (χ3n) is 4.71. The number of rotatable bonds is 6. The van der Waals surface area contributed by atoms with Crippen LogP contribution in [0.25, 0.3) is 4.85 Å². The molecule has 0 saturated carbocycles. The standard InChI is InChI=1S/C22H29N3O3S2.H2S/c1-13(2)16-10-15(24-7)11-17(14(3)4)18(16)12-20(26)25-30(23,28)21-9-8-19(29-21)22(5,6)27;/h8-11,13-14,27H,12H2,1-6H3,(H2,23,25,26,28);1H2. The van der Waals surface area contributed by atoms with Gasteiger partial charge in [-0.15, -0.1) is 15.7 Å². The van der Waals surface area contributed by atoms with Gasteiger partial charge in [0.25, 0.3) is 5.91 Å². The van der Waals surface area contributed by atoms with Gasteiger partial charge < -0.3 is 5.11 Å². The third-order valence-corrected chi connectivity index (χ3v) is 8.06. The maximum atomic E-state index is 12.9. The SMILES string of the molecule is S.[C-]#[N+]c1cc(C(C)C)c(CC(=O)N=S(N)(=O)c2ccc(C(C)(C)O)s2)c(C(C)C)c1. The predicted octanol–water partition coefficient (Wildman–Crippen LogP) is 5.36. The first kappa shape index (κ1) is 27.3. The van der Waals surface area contributed by atoms with Gasteiger partial charge in [0.1, 0.15) is 4.21 Å². The highest BCUT2D eigenvalue weighted by Gasteiger charge is 2.23. The van der Waals surface area contributed by atoms with E-state index in [1.807, 2.05) is 27.7 Å². The van der Waals surface area contributed by atoms with Crippen molar-refractivity contribution in [3.8, 4) is 0 Å². The van der Waals surface area contributed by atoms with Gasteiger partial charge in [-0.3, -0.25) is 4.79 Å². The van der Waals surface area contributed by atoms with Gasteiger partial charge in [-0.2, -0.15) is 13.5 Å². The second-order valence-corrected chi connectivity index (χ2v) is 11.5. The first-order valence-corrected chi connectivity index (χ1v) is 12.1. The Morgan fingerprint density at radius 3 is 2.13 bits per heavy atom. The molecule has 6 nitrogen and oxygen atoms in total. The topological polar surface area (TPSA) is 97.1 Å². The molecule has 0 spiro atoms. The van der Waals surface area contributed by atoms with E-state index in [0.717, 1.165) is 28.0 Å². The average molecular weight is 482 g/mol. The third kappa shape index (κ3) is 6.64. The number of hydrogen-bond acceptors (Lipinski definition) is 4. The number of thiophene rings is 1. The van der Waals surface area contributed by atoms with E-state index in [0.29, 0.717) is 10.6 Å². The molecule has 0 aliphatic rings. The molecule has 9 heteroatoms. The van der Waals surface area contributed by atoms with Gasteiger partial charge in [0.15, 0.2) is 15.6 Å². The lowest BCUT2D eigenvalue weighted by Crippen LogP contribution is -2.16. The summed E-state index contributed by atoms with van der Waals surface area (Å²) in [7, 11) is -3.41. The number of hydrogen-bond donors (Lipinski definition) is 2. The maximum Gasteiger partial charge on any atom is 0.259 e. The van der Waals surface area contributed by atoms with Gasteiger partial charge in [-0.05, 0) is 43.4 Å². The summed E-state index contributed by atoms with van der Waals surface area (Å²) in [6.07, 6.45) is -0.0305. The van der Waals surface area contributed by atoms with E-state index in [2.05, 4.69) is 9.21 Å². The molecule has 3 N–H and O–H groups in total. The highest BCUT2D eigenvalue weighted by Crippen LogP contribution is 2.34. The normalized spacial score (nSPS) is 13.5. The van der Waals surface area contributed by atoms with Crippen molar-refractivity contribution in [1.82, 2.24) is 0 Å². The minimum atomic E-state index is -3.41. The predicted molar refractivity (Wildman–Crippen MR) is 133 cm³/mol. The summed E-state index contributed by atoms with van der Waals surface area (Å²) < 4.78 is 17.0. The van der Waals surface area contributed by atoms with Crippen molar-refractivity contribution in [3.63, 3.8) is 0 Å². The van der Waals surface area contributed by atoms with Crippen LogP contribution in [0, 0.1) is 6.57 Å². The van der Waals surface area contributed by atoms with Crippen molar-refractivity contribution in [1.29, 1.82) is 0 Å². The molecule has 1 amide bonds. The van der Waals surface area contributed by atoms with Crippen LogP contribution in [0.15, 0.2) is 32.8 Å². The fraction of sp³-hybridized carbons (Fsp3) is 0.455. The summed E-state index contributed by atoms with van der Waals surface area (Å²) >= 11 is 1.09. The zero-order valence-electron chi connectivity index (χ0n) is 18.7. The Balaban J connectivity index is 0.00000480. The summed E-state index contributed by atoms with van der Waals surface area (Å²) in [5.41, 5.74) is 2.10. The summed E-state index contributed by atoms with van der Waals surface area (Å²) in [5, 5.41) is 16.0. The molecular weight excluding hydrogens is 450 g/mol. The van der Waals surface area contributed by atoms with Crippen LogP contribution in [-0.2, 0) is 26.7 Å². The minimum Gasteiger partial charge on any atom is -0.385 e. The fourth-order valence-corrected chi connectivity index (χ4v) is 5.50. The van der Waals surface area contributed by atoms with Crippen LogP contribution in [0.2, 0.25) is 0 Å². The van der Waals surface area contributed by atoms with E-state index in [1.54, 1.807) is 38.1 Å². The Hall–Kier alpha value is -1.70. The Bertz CT molecular complexity index is 1080. The van der Waals surface area contributed by atoms with Crippen molar-refractivity contribution >= 4 is 46.3 Å². The van der Waals surface area contributed by atoms with Gasteiger partial charge >= 0.3 is 0 Å². The molecular formula is C22H31N3O3S3. The lowest BCUT2D eigenvalue weighted by molar-refractivity contribution is -0.117. The van der Waals surface area contributed by atoms with Crippen LogP contribution >= 0.6 is 24.8 Å². The van der Waals surface area contributed by atoms with Gasteiger partial charge in [-0.25, -0.2) is 14.2 Å². The van der Waals surface area contributed by atoms with Crippen LogP contribution in [0.1, 0.15) is 74.9 Å². The van der Waals surface area contributed by atoms with Crippen molar-refractivity contribution in [2.75, 3.05) is 0 Å². The van der Waals surface area contributed by atoms with E-state index in [9.17, 15) is 14.1 Å². The molecule has 1 aromatic carbocycles. The van der Waals surface area contributed by atoms with Crippen LogP contribution in [0.4, 0.5) is 5.69 Å². The highest BCUT2D eigenvalue weighted by atomic mass is 32.2. The highest BCUT2D eigenvalue weighted by molar-refractivity contribution is 7.93. The van der Waals surface area contributed by atoms with E-state index in [1.165, 1.54) is 0 Å². The molecule has 0 aliphatic heterocycles. The molecule has 1 unspecified atom stereocenters. The number of carbonyl (C=O) groups is 1. The van der Waals surface area contributed by atoms with Crippen molar-refractivity contribution in [2.24, 2.45) is 9.50 Å². The Morgan fingerprint density at radius 2 is 1.74 bits per heavy atom. The molecule has 0 saturated heterocycles. The van der Waals surface area contributed by atoms with Crippen LogP contribution in [0.3, 0.4) is 0 Å². The van der Waals surface area contributed by atoms with Crippen molar-refractivity contribution < 1.29 is 14.1 Å². The van der Waals surface area contributed by atoms with Crippen LogP contribution in [-0.4, -0.2) is 15.2 Å². The van der Waals surface area contributed by atoms with E-state index in [-0.39, 0.29) is 36.0 Å². The fourth-order valence-electron chi connectivity index (χ4n) is 3.19. The summed E-state index contributed by atoms with van der Waals surface area (Å²) in [6.45, 7) is 18.6.